The Morgan fingerprint density at radius 2 is 0.930 bits per heavy atom. The van der Waals surface area contributed by atoms with Crippen LogP contribution in [0.1, 0.15) is 0 Å². The molecular formula is C64H38N6S. The normalized spacial score (nSPS) is 11.9. The van der Waals surface area contributed by atoms with E-state index in [9.17, 15) is 0 Å². The van der Waals surface area contributed by atoms with Gasteiger partial charge in [0.2, 0.25) is 11.9 Å². The van der Waals surface area contributed by atoms with Crippen LogP contribution < -0.4 is 0 Å². The molecule has 0 saturated heterocycles. The highest BCUT2D eigenvalue weighted by Gasteiger charge is 2.24. The fourth-order valence-electron chi connectivity index (χ4n) is 11.0. The average Bonchev–Trinajstić information content (AvgIpc) is 4.14. The van der Waals surface area contributed by atoms with Crippen LogP contribution in [0, 0.1) is 0 Å². The lowest BCUT2D eigenvalue weighted by molar-refractivity contribution is 1.01. The number of nitrogens with zero attached hydrogens (tertiary/aromatic N) is 6. The van der Waals surface area contributed by atoms with Gasteiger partial charge in [-0.15, -0.1) is 11.3 Å². The van der Waals surface area contributed by atoms with E-state index in [1.54, 1.807) is 11.3 Å². The van der Waals surface area contributed by atoms with Crippen LogP contribution in [0.4, 0.5) is 0 Å². The van der Waals surface area contributed by atoms with E-state index in [2.05, 4.69) is 234 Å². The maximum absolute atomic E-state index is 5.61. The zero-order chi connectivity index (χ0) is 46.6. The third-order valence-electron chi connectivity index (χ3n) is 14.1. The quantitative estimate of drug-likeness (QED) is 0.167. The van der Waals surface area contributed by atoms with Crippen LogP contribution in [0.2, 0.25) is 0 Å². The predicted molar refractivity (Wildman–Crippen MR) is 296 cm³/mol. The van der Waals surface area contributed by atoms with Crippen LogP contribution >= 0.6 is 11.3 Å². The first-order chi connectivity index (χ1) is 35.2. The van der Waals surface area contributed by atoms with Crippen LogP contribution in [0.15, 0.2) is 231 Å². The molecule has 0 N–H and O–H groups in total. The lowest BCUT2D eigenvalue weighted by atomic mass is 9.98. The molecule has 0 aliphatic carbocycles. The van der Waals surface area contributed by atoms with Gasteiger partial charge in [0.05, 0.1) is 44.5 Å². The fraction of sp³-hybridized carbons (Fsp3) is 0. The number of hydrogen-bond donors (Lipinski definition) is 0. The fourth-order valence-corrected chi connectivity index (χ4v) is 12.2. The summed E-state index contributed by atoms with van der Waals surface area (Å²) >= 11 is 1.80. The van der Waals surface area contributed by atoms with Gasteiger partial charge in [-0.1, -0.05) is 188 Å². The van der Waals surface area contributed by atoms with Crippen molar-refractivity contribution in [2.75, 3.05) is 0 Å². The Bertz CT molecular complexity index is 4630. The van der Waals surface area contributed by atoms with Gasteiger partial charge in [-0.3, -0.25) is 9.13 Å². The molecule has 0 amide bonds. The van der Waals surface area contributed by atoms with Crippen molar-refractivity contribution in [3.8, 4) is 56.0 Å². The van der Waals surface area contributed by atoms with Crippen LogP contribution in [-0.2, 0) is 0 Å². The predicted octanol–water partition coefficient (Wildman–Crippen LogP) is 16.8. The van der Waals surface area contributed by atoms with Gasteiger partial charge in [0.25, 0.3) is 0 Å². The number of rotatable bonds is 6. The standard InChI is InChI=1S/C64H38N6S/c1-4-18-40(19-5-1)56-38-44-31-34-52-58(62(44)71-56)60(42-22-8-3-9-23-42)68-63(66-52)69-54-35-33-43(37-50(54)57-45-24-11-10-17-39(45)32-36-55(57)69)46-27-16-28-48-47-25-13-15-30-53(47)70(61(46)48)64-65-51-29-14-12-26-49(51)59(67-64)41-20-6-2-7-21-41/h1-38H. The molecule has 5 aromatic heterocycles. The Morgan fingerprint density at radius 1 is 0.324 bits per heavy atom. The van der Waals surface area contributed by atoms with Crippen molar-refractivity contribution in [2.45, 2.75) is 0 Å². The van der Waals surface area contributed by atoms with E-state index in [-0.39, 0.29) is 0 Å². The van der Waals surface area contributed by atoms with Crippen molar-refractivity contribution in [3.63, 3.8) is 0 Å². The number of thiophene rings is 1. The molecule has 7 heteroatoms. The third-order valence-corrected chi connectivity index (χ3v) is 15.4. The Balaban J connectivity index is 0.994. The van der Waals surface area contributed by atoms with E-state index < -0.39 is 0 Å². The number of para-hydroxylation sites is 3. The molecule has 6 nitrogen and oxygen atoms in total. The highest BCUT2D eigenvalue weighted by Crippen LogP contribution is 2.45. The summed E-state index contributed by atoms with van der Waals surface area (Å²) in [7, 11) is 0. The Kier molecular flexibility index (Phi) is 8.73. The second-order valence-corrected chi connectivity index (χ2v) is 19.2. The van der Waals surface area contributed by atoms with Crippen molar-refractivity contribution < 1.29 is 0 Å². The van der Waals surface area contributed by atoms with E-state index in [1.165, 1.54) is 31.3 Å². The second-order valence-electron chi connectivity index (χ2n) is 18.2. The summed E-state index contributed by atoms with van der Waals surface area (Å²) in [5.41, 5.74) is 13.3. The molecule has 10 aromatic carbocycles. The van der Waals surface area contributed by atoms with Crippen LogP contribution in [0.5, 0.6) is 0 Å². The topological polar surface area (TPSA) is 61.4 Å². The molecule has 330 valence electrons. The second kappa shape index (κ2) is 15.6. The van der Waals surface area contributed by atoms with Crippen molar-refractivity contribution in [1.29, 1.82) is 0 Å². The van der Waals surface area contributed by atoms with Gasteiger partial charge >= 0.3 is 0 Å². The molecule has 0 aliphatic heterocycles. The average molecular weight is 923 g/mol. The Labute approximate surface area is 411 Å². The molecule has 0 saturated carbocycles. The minimum atomic E-state index is 0.628. The lowest BCUT2D eigenvalue weighted by Crippen LogP contribution is -2.04. The first-order valence-corrected chi connectivity index (χ1v) is 24.7. The Morgan fingerprint density at radius 3 is 1.75 bits per heavy atom. The zero-order valence-electron chi connectivity index (χ0n) is 38.0. The number of hydrogen-bond acceptors (Lipinski definition) is 5. The highest BCUT2D eigenvalue weighted by atomic mass is 32.1. The van der Waals surface area contributed by atoms with E-state index in [0.717, 1.165) is 99.1 Å². The molecule has 0 aliphatic rings. The van der Waals surface area contributed by atoms with Crippen molar-refractivity contribution in [2.24, 2.45) is 0 Å². The number of benzene rings is 10. The van der Waals surface area contributed by atoms with Crippen LogP contribution in [0.3, 0.4) is 0 Å². The summed E-state index contributed by atoms with van der Waals surface area (Å²) in [5, 5.41) is 10.2. The van der Waals surface area contributed by atoms with Gasteiger partial charge in [0, 0.05) is 58.6 Å². The molecule has 0 fully saturated rings. The smallest absolute Gasteiger partial charge is 0.235 e. The summed E-state index contributed by atoms with van der Waals surface area (Å²) in [6, 6.07) is 81.9. The van der Waals surface area contributed by atoms with Gasteiger partial charge in [0.15, 0.2) is 0 Å². The van der Waals surface area contributed by atoms with E-state index in [1.807, 2.05) is 6.07 Å². The molecule has 0 bridgehead atoms. The molecule has 15 rings (SSSR count). The Hall–Kier alpha value is -9.30. The van der Waals surface area contributed by atoms with Gasteiger partial charge in [-0.2, -0.15) is 0 Å². The van der Waals surface area contributed by atoms with Crippen molar-refractivity contribution in [3.05, 3.63) is 231 Å². The summed E-state index contributed by atoms with van der Waals surface area (Å²) < 4.78 is 5.72. The third kappa shape index (κ3) is 6.13. The van der Waals surface area contributed by atoms with Crippen LogP contribution in [-0.4, -0.2) is 29.1 Å². The maximum atomic E-state index is 5.61. The highest BCUT2D eigenvalue weighted by molar-refractivity contribution is 7.23. The number of aromatic nitrogens is 6. The SMILES string of the molecule is c1ccc(-c2cc3ccc4nc(-n5c6ccc(-c7cccc8c9ccccc9n(-c9nc(-c%10ccccc%10)c%10ccccc%10n9)c78)cc6c6c7ccccc7ccc65)nc(-c5ccccc5)c4c3s2)cc1. The largest absolute Gasteiger partial charge is 0.278 e. The number of fused-ring (bicyclic) bond motifs is 12. The molecule has 5 heterocycles. The molecule has 0 atom stereocenters. The van der Waals surface area contributed by atoms with Gasteiger partial charge in [-0.05, 0) is 69.8 Å². The molecule has 71 heavy (non-hydrogen) atoms. The van der Waals surface area contributed by atoms with Gasteiger partial charge in [0.1, 0.15) is 0 Å². The lowest BCUT2D eigenvalue weighted by Gasteiger charge is -2.14. The molecular weight excluding hydrogens is 885 g/mol. The van der Waals surface area contributed by atoms with Gasteiger partial charge in [-0.25, -0.2) is 19.9 Å². The minimum Gasteiger partial charge on any atom is -0.278 e. The van der Waals surface area contributed by atoms with E-state index in [0.29, 0.717) is 11.9 Å². The van der Waals surface area contributed by atoms with Crippen molar-refractivity contribution >= 4 is 97.6 Å². The molecule has 0 radical (unpaired) electrons. The summed E-state index contributed by atoms with van der Waals surface area (Å²) in [4.78, 5) is 23.1. The first-order valence-electron chi connectivity index (χ1n) is 23.9. The van der Waals surface area contributed by atoms with E-state index >= 15 is 0 Å². The summed E-state index contributed by atoms with van der Waals surface area (Å²) in [6.45, 7) is 0. The molecule has 0 spiro atoms. The minimum absolute atomic E-state index is 0.628. The van der Waals surface area contributed by atoms with Crippen molar-refractivity contribution in [1.82, 2.24) is 29.1 Å². The summed E-state index contributed by atoms with van der Waals surface area (Å²) in [6.07, 6.45) is 0. The monoisotopic (exact) mass is 922 g/mol. The molecule has 0 unspecified atom stereocenters. The van der Waals surface area contributed by atoms with Crippen LogP contribution in [0.25, 0.3) is 142 Å². The zero-order valence-corrected chi connectivity index (χ0v) is 38.8. The molecule has 15 aromatic rings. The van der Waals surface area contributed by atoms with E-state index in [4.69, 9.17) is 19.9 Å². The maximum Gasteiger partial charge on any atom is 0.235 e. The van der Waals surface area contributed by atoms with Gasteiger partial charge < -0.3 is 0 Å². The first kappa shape index (κ1) is 39.7. The summed E-state index contributed by atoms with van der Waals surface area (Å²) in [5.74, 6) is 1.26.